The number of fused-ring (bicyclic) bond motifs is 1. The second-order valence-electron chi connectivity index (χ2n) is 6.83. The maximum atomic E-state index is 12.7. The molecule has 1 aliphatic heterocycles. The minimum absolute atomic E-state index is 0.0641. The van der Waals surface area contributed by atoms with E-state index in [4.69, 9.17) is 14.2 Å². The molecule has 0 bridgehead atoms. The van der Waals surface area contributed by atoms with Gasteiger partial charge in [0.05, 0.1) is 6.54 Å². The quantitative estimate of drug-likeness (QED) is 0.776. The molecule has 0 aromatic heterocycles. The molecule has 0 saturated carbocycles. The van der Waals surface area contributed by atoms with Crippen molar-refractivity contribution in [1.82, 2.24) is 4.90 Å². The Balaban J connectivity index is 1.57. The normalized spacial score (nSPS) is 13.3. The Morgan fingerprint density at radius 1 is 1.10 bits per heavy atom. The van der Waals surface area contributed by atoms with Gasteiger partial charge in [-0.3, -0.25) is 9.59 Å². The second-order valence-corrected chi connectivity index (χ2v) is 6.83. The zero-order chi connectivity index (χ0) is 20.8. The van der Waals surface area contributed by atoms with E-state index in [1.165, 1.54) is 4.90 Å². The third-order valence-electron chi connectivity index (χ3n) is 4.54. The summed E-state index contributed by atoms with van der Waals surface area (Å²) in [5.74, 6) is 1.33. The number of anilines is 1. The summed E-state index contributed by atoms with van der Waals surface area (Å²) in [4.78, 5) is 26.6. The largest absolute Gasteiger partial charge is 0.486 e. The second kappa shape index (κ2) is 9.32. The van der Waals surface area contributed by atoms with Gasteiger partial charge in [-0.2, -0.15) is 0 Å². The maximum Gasteiger partial charge on any atom is 0.263 e. The van der Waals surface area contributed by atoms with E-state index in [1.54, 1.807) is 25.1 Å². The fraction of sp³-hybridized carbons (Fsp3) is 0.364. The molecule has 7 nitrogen and oxygen atoms in total. The van der Waals surface area contributed by atoms with Crippen LogP contribution in [0.4, 0.5) is 5.69 Å². The summed E-state index contributed by atoms with van der Waals surface area (Å²) in [7, 11) is 0. The molecule has 0 aliphatic carbocycles. The zero-order valence-corrected chi connectivity index (χ0v) is 16.9. The molecule has 1 atom stereocenters. The van der Waals surface area contributed by atoms with E-state index in [0.29, 0.717) is 42.7 Å². The van der Waals surface area contributed by atoms with Gasteiger partial charge in [0.2, 0.25) is 5.91 Å². The van der Waals surface area contributed by atoms with Gasteiger partial charge in [0.15, 0.2) is 17.6 Å². The average Bonchev–Trinajstić information content (AvgIpc) is 2.73. The Morgan fingerprint density at radius 3 is 2.48 bits per heavy atom. The van der Waals surface area contributed by atoms with Crippen molar-refractivity contribution in [3.8, 4) is 17.2 Å². The molecule has 3 rings (SSSR count). The molecule has 1 N–H and O–H groups in total. The summed E-state index contributed by atoms with van der Waals surface area (Å²) in [6, 6.07) is 12.7. The van der Waals surface area contributed by atoms with Crippen LogP contribution >= 0.6 is 0 Å². The van der Waals surface area contributed by atoms with Crippen LogP contribution in [0.25, 0.3) is 0 Å². The fourth-order valence-electron chi connectivity index (χ4n) is 2.97. The van der Waals surface area contributed by atoms with Gasteiger partial charge in [-0.05, 0) is 45.0 Å². The van der Waals surface area contributed by atoms with Crippen LogP contribution in [0.3, 0.4) is 0 Å². The predicted octanol–water partition coefficient (Wildman–Crippen LogP) is 3.02. The number of amides is 2. The van der Waals surface area contributed by atoms with Crippen molar-refractivity contribution in [3.05, 3.63) is 48.0 Å². The zero-order valence-electron chi connectivity index (χ0n) is 16.9. The van der Waals surface area contributed by atoms with Gasteiger partial charge in [0.25, 0.3) is 5.91 Å². The van der Waals surface area contributed by atoms with Crippen LogP contribution < -0.4 is 19.5 Å². The molecular formula is C22H26N2O5. The molecule has 0 spiro atoms. The van der Waals surface area contributed by atoms with Crippen molar-refractivity contribution < 1.29 is 23.8 Å². The first kappa shape index (κ1) is 20.5. The summed E-state index contributed by atoms with van der Waals surface area (Å²) in [5.41, 5.74) is 1.70. The monoisotopic (exact) mass is 398 g/mol. The number of rotatable bonds is 7. The molecule has 0 unspecified atom stereocenters. The highest BCUT2D eigenvalue weighted by Gasteiger charge is 2.23. The minimum Gasteiger partial charge on any atom is -0.486 e. The fourth-order valence-corrected chi connectivity index (χ4v) is 2.97. The van der Waals surface area contributed by atoms with Gasteiger partial charge < -0.3 is 24.4 Å². The highest BCUT2D eigenvalue weighted by atomic mass is 16.6. The van der Waals surface area contributed by atoms with Gasteiger partial charge in [0.1, 0.15) is 19.0 Å². The third kappa shape index (κ3) is 5.40. The summed E-state index contributed by atoms with van der Waals surface area (Å²) >= 11 is 0. The van der Waals surface area contributed by atoms with Gasteiger partial charge in [-0.1, -0.05) is 17.7 Å². The Kier molecular flexibility index (Phi) is 6.59. The molecule has 1 aliphatic rings. The van der Waals surface area contributed by atoms with Crippen LogP contribution in [0, 0.1) is 6.92 Å². The Labute approximate surface area is 170 Å². The van der Waals surface area contributed by atoms with E-state index in [9.17, 15) is 9.59 Å². The van der Waals surface area contributed by atoms with Crippen molar-refractivity contribution in [2.24, 2.45) is 0 Å². The molecule has 2 aromatic carbocycles. The molecule has 0 fully saturated rings. The number of nitrogens with one attached hydrogen (secondary N) is 1. The molecule has 2 amide bonds. The Bertz CT molecular complexity index is 866. The van der Waals surface area contributed by atoms with Crippen molar-refractivity contribution in [2.45, 2.75) is 26.9 Å². The van der Waals surface area contributed by atoms with Crippen LogP contribution in [0.2, 0.25) is 0 Å². The molecule has 2 aromatic rings. The van der Waals surface area contributed by atoms with E-state index in [2.05, 4.69) is 5.32 Å². The SMILES string of the molecule is CCN(CC(=O)Nc1ccc2c(c1)OCCO2)C(=O)[C@H](C)Oc1ccc(C)cc1. The number of carbonyl (C=O) groups is 2. The summed E-state index contributed by atoms with van der Waals surface area (Å²) in [6.45, 7) is 6.81. The molecule has 29 heavy (non-hydrogen) atoms. The Morgan fingerprint density at radius 2 is 1.79 bits per heavy atom. The number of ether oxygens (including phenoxy) is 3. The summed E-state index contributed by atoms with van der Waals surface area (Å²) in [5, 5.41) is 2.80. The number of carbonyl (C=O) groups excluding carboxylic acids is 2. The van der Waals surface area contributed by atoms with Crippen LogP contribution in [0.5, 0.6) is 17.2 Å². The number of benzene rings is 2. The average molecular weight is 398 g/mol. The van der Waals surface area contributed by atoms with Crippen LogP contribution in [0.1, 0.15) is 19.4 Å². The Hall–Kier alpha value is -3.22. The smallest absolute Gasteiger partial charge is 0.263 e. The lowest BCUT2D eigenvalue weighted by atomic mass is 10.2. The lowest BCUT2D eigenvalue weighted by Gasteiger charge is -2.24. The molecule has 1 heterocycles. The van der Waals surface area contributed by atoms with E-state index < -0.39 is 6.10 Å². The molecule has 7 heteroatoms. The van der Waals surface area contributed by atoms with Crippen LogP contribution in [-0.2, 0) is 9.59 Å². The number of aryl methyl sites for hydroxylation is 1. The van der Waals surface area contributed by atoms with E-state index in [-0.39, 0.29) is 18.4 Å². The standard InChI is InChI=1S/C22H26N2O5/c1-4-24(22(26)16(3)29-18-8-5-15(2)6-9-18)14-21(25)23-17-7-10-19-20(13-17)28-12-11-27-19/h5-10,13,16H,4,11-12,14H2,1-3H3,(H,23,25)/t16-/m0/s1. The minimum atomic E-state index is -0.695. The van der Waals surface area contributed by atoms with Gasteiger partial charge in [-0.25, -0.2) is 0 Å². The third-order valence-corrected chi connectivity index (χ3v) is 4.54. The molecule has 154 valence electrons. The number of likely N-dealkylation sites (N-methyl/N-ethyl adjacent to an activating group) is 1. The summed E-state index contributed by atoms with van der Waals surface area (Å²) in [6.07, 6.45) is -0.695. The van der Waals surface area contributed by atoms with Crippen molar-refractivity contribution in [3.63, 3.8) is 0 Å². The van der Waals surface area contributed by atoms with E-state index in [0.717, 1.165) is 5.56 Å². The van der Waals surface area contributed by atoms with E-state index >= 15 is 0 Å². The molecular weight excluding hydrogens is 372 g/mol. The first-order valence-electron chi connectivity index (χ1n) is 9.68. The van der Waals surface area contributed by atoms with Gasteiger partial charge in [0, 0.05) is 18.3 Å². The number of hydrogen-bond acceptors (Lipinski definition) is 5. The molecule has 0 radical (unpaired) electrons. The first-order chi connectivity index (χ1) is 14.0. The lowest BCUT2D eigenvalue weighted by molar-refractivity contribution is -0.140. The van der Waals surface area contributed by atoms with Gasteiger partial charge >= 0.3 is 0 Å². The number of hydrogen-bond donors (Lipinski definition) is 1. The highest BCUT2D eigenvalue weighted by Crippen LogP contribution is 2.32. The lowest BCUT2D eigenvalue weighted by Crippen LogP contribution is -2.44. The first-order valence-corrected chi connectivity index (χ1v) is 9.68. The molecule has 0 saturated heterocycles. The highest BCUT2D eigenvalue weighted by molar-refractivity contribution is 5.95. The van der Waals surface area contributed by atoms with Gasteiger partial charge in [-0.15, -0.1) is 0 Å². The predicted molar refractivity (Wildman–Crippen MR) is 110 cm³/mol. The number of nitrogens with zero attached hydrogens (tertiary/aromatic N) is 1. The van der Waals surface area contributed by atoms with E-state index in [1.807, 2.05) is 38.1 Å². The van der Waals surface area contributed by atoms with Crippen LogP contribution in [-0.4, -0.2) is 49.1 Å². The summed E-state index contributed by atoms with van der Waals surface area (Å²) < 4.78 is 16.7. The maximum absolute atomic E-state index is 12.7. The van der Waals surface area contributed by atoms with Crippen molar-refractivity contribution in [1.29, 1.82) is 0 Å². The topological polar surface area (TPSA) is 77.1 Å². The van der Waals surface area contributed by atoms with Crippen LogP contribution in [0.15, 0.2) is 42.5 Å². The van der Waals surface area contributed by atoms with Crippen molar-refractivity contribution in [2.75, 3.05) is 31.6 Å². The van der Waals surface area contributed by atoms with Crippen molar-refractivity contribution >= 4 is 17.5 Å².